The van der Waals surface area contributed by atoms with Crippen molar-refractivity contribution >= 4 is 43.2 Å². The molecule has 0 aliphatic heterocycles. The fourth-order valence-corrected chi connectivity index (χ4v) is 2.10. The van der Waals surface area contributed by atoms with Crippen LogP contribution < -0.4 is 0 Å². The zero-order valence-corrected chi connectivity index (χ0v) is 9.17. The molecule has 54 valence electrons. The van der Waals surface area contributed by atoms with Crippen molar-refractivity contribution in [2.24, 2.45) is 0 Å². The van der Waals surface area contributed by atoms with Gasteiger partial charge in [0, 0.05) is 4.88 Å². The van der Waals surface area contributed by atoms with Crippen molar-refractivity contribution in [3.63, 3.8) is 0 Å². The second kappa shape index (κ2) is 3.20. The molecule has 1 aromatic rings. The molecule has 0 aliphatic carbocycles. The van der Waals surface area contributed by atoms with Gasteiger partial charge >= 0.3 is 0 Å². The molecule has 1 aromatic heterocycles. The maximum Gasteiger partial charge on any atom is 0.132 e. The van der Waals surface area contributed by atoms with Gasteiger partial charge in [-0.05, 0) is 11.4 Å². The van der Waals surface area contributed by atoms with Gasteiger partial charge in [0.25, 0.3) is 0 Å². The van der Waals surface area contributed by atoms with Crippen LogP contribution in [0.5, 0.6) is 0 Å². The molecule has 0 saturated heterocycles. The van der Waals surface area contributed by atoms with Crippen LogP contribution in [-0.2, 0) is 3.23 Å². The first kappa shape index (κ1) is 8.50. The van der Waals surface area contributed by atoms with Crippen molar-refractivity contribution in [3.8, 4) is 0 Å². The van der Waals surface area contributed by atoms with Crippen LogP contribution in [0.2, 0.25) is 0 Å². The van der Waals surface area contributed by atoms with E-state index in [1.54, 1.807) is 11.3 Å². The van der Waals surface area contributed by atoms with Crippen LogP contribution in [0.1, 0.15) is 4.88 Å². The van der Waals surface area contributed by atoms with Gasteiger partial charge in [0.2, 0.25) is 0 Å². The standard InChI is InChI=1S/C7H6Br2S/c1-2-7(8,9)6-4-3-5-10-6/h2-5H,1H2. The lowest BCUT2D eigenvalue weighted by Crippen LogP contribution is -1.99. The molecule has 0 bridgehead atoms. The van der Waals surface area contributed by atoms with Gasteiger partial charge in [-0.15, -0.1) is 17.9 Å². The molecule has 1 heterocycles. The van der Waals surface area contributed by atoms with Crippen LogP contribution in [0.25, 0.3) is 0 Å². The average molecular weight is 282 g/mol. The van der Waals surface area contributed by atoms with Crippen LogP contribution in [0.15, 0.2) is 30.2 Å². The molecule has 0 N–H and O–H groups in total. The number of rotatable bonds is 2. The quantitative estimate of drug-likeness (QED) is 0.570. The molecule has 0 fully saturated rings. The third-order valence-corrected chi connectivity index (χ3v) is 4.14. The zero-order valence-electron chi connectivity index (χ0n) is 5.18. The van der Waals surface area contributed by atoms with Crippen LogP contribution in [-0.4, -0.2) is 0 Å². The predicted octanol–water partition coefficient (Wildman–Crippen LogP) is 3.88. The Morgan fingerprint density at radius 3 is 2.70 bits per heavy atom. The molecule has 0 unspecified atom stereocenters. The molecule has 0 saturated carbocycles. The maximum absolute atomic E-state index is 3.70. The summed E-state index contributed by atoms with van der Waals surface area (Å²) in [7, 11) is 0. The summed E-state index contributed by atoms with van der Waals surface area (Å²) >= 11 is 8.64. The van der Waals surface area contributed by atoms with Gasteiger partial charge in [-0.3, -0.25) is 0 Å². The lowest BCUT2D eigenvalue weighted by molar-refractivity contribution is 1.26. The van der Waals surface area contributed by atoms with Crippen LogP contribution in [0.4, 0.5) is 0 Å². The Morgan fingerprint density at radius 2 is 2.30 bits per heavy atom. The number of thiophene rings is 1. The fraction of sp³-hybridized carbons (Fsp3) is 0.143. The smallest absolute Gasteiger partial charge is 0.132 e. The summed E-state index contributed by atoms with van der Waals surface area (Å²) in [5, 5.41) is 2.04. The largest absolute Gasteiger partial charge is 0.146 e. The van der Waals surface area contributed by atoms with Crippen LogP contribution in [0, 0.1) is 0 Å². The van der Waals surface area contributed by atoms with Gasteiger partial charge in [-0.25, -0.2) is 0 Å². The molecule has 1 rings (SSSR count). The van der Waals surface area contributed by atoms with Crippen LogP contribution in [0.3, 0.4) is 0 Å². The van der Waals surface area contributed by atoms with E-state index in [0.29, 0.717) is 0 Å². The van der Waals surface area contributed by atoms with E-state index in [2.05, 4.69) is 44.5 Å². The normalized spacial score (nSPS) is 11.4. The van der Waals surface area contributed by atoms with E-state index in [-0.39, 0.29) is 3.23 Å². The molecule has 0 atom stereocenters. The SMILES string of the molecule is C=CC(Br)(Br)c1cccs1. The minimum absolute atomic E-state index is 0.228. The average Bonchev–Trinajstić information content (AvgIpc) is 2.38. The van der Waals surface area contributed by atoms with Crippen molar-refractivity contribution in [2.75, 3.05) is 0 Å². The summed E-state index contributed by atoms with van der Waals surface area (Å²) < 4.78 is -0.228. The van der Waals surface area contributed by atoms with E-state index in [4.69, 9.17) is 0 Å². The third-order valence-electron chi connectivity index (χ3n) is 1.11. The van der Waals surface area contributed by atoms with Gasteiger partial charge in [0.05, 0.1) is 0 Å². The van der Waals surface area contributed by atoms with Crippen LogP contribution >= 0.6 is 43.2 Å². The molecular formula is C7H6Br2S. The van der Waals surface area contributed by atoms with Gasteiger partial charge < -0.3 is 0 Å². The summed E-state index contributed by atoms with van der Waals surface area (Å²) in [6.07, 6.45) is 1.82. The minimum Gasteiger partial charge on any atom is -0.146 e. The Labute approximate surface area is 81.2 Å². The van der Waals surface area contributed by atoms with Crippen molar-refractivity contribution in [2.45, 2.75) is 3.23 Å². The summed E-state index contributed by atoms with van der Waals surface area (Å²) in [4.78, 5) is 1.21. The Bertz CT molecular complexity index is 214. The highest BCUT2D eigenvalue weighted by Gasteiger charge is 2.21. The molecule has 10 heavy (non-hydrogen) atoms. The monoisotopic (exact) mass is 280 g/mol. The van der Waals surface area contributed by atoms with Gasteiger partial charge in [0.15, 0.2) is 0 Å². The molecular weight excluding hydrogens is 276 g/mol. The van der Waals surface area contributed by atoms with Gasteiger partial charge in [-0.2, -0.15) is 0 Å². The summed E-state index contributed by atoms with van der Waals surface area (Å²) in [6, 6.07) is 4.07. The lowest BCUT2D eigenvalue weighted by atomic mass is 10.3. The number of hydrogen-bond donors (Lipinski definition) is 0. The first-order valence-corrected chi connectivity index (χ1v) is 5.19. The van der Waals surface area contributed by atoms with Gasteiger partial charge in [0.1, 0.15) is 3.23 Å². The highest BCUT2D eigenvalue weighted by Crippen LogP contribution is 2.41. The maximum atomic E-state index is 3.70. The highest BCUT2D eigenvalue weighted by atomic mass is 79.9. The first-order valence-electron chi connectivity index (χ1n) is 2.72. The second-order valence-electron chi connectivity index (χ2n) is 1.80. The van der Waals surface area contributed by atoms with Crippen molar-refractivity contribution in [3.05, 3.63) is 35.0 Å². The third kappa shape index (κ3) is 1.71. The summed E-state index contributed by atoms with van der Waals surface area (Å²) in [5.41, 5.74) is 0. The van der Waals surface area contributed by atoms with E-state index < -0.39 is 0 Å². The molecule has 0 radical (unpaired) electrons. The molecule has 0 spiro atoms. The van der Waals surface area contributed by atoms with E-state index in [9.17, 15) is 0 Å². The highest BCUT2D eigenvalue weighted by molar-refractivity contribution is 9.25. The van der Waals surface area contributed by atoms with Crippen molar-refractivity contribution in [1.82, 2.24) is 0 Å². The molecule has 3 heteroatoms. The Kier molecular flexibility index (Phi) is 2.72. The predicted molar refractivity (Wildman–Crippen MR) is 54.0 cm³/mol. The van der Waals surface area contributed by atoms with Gasteiger partial charge in [-0.1, -0.05) is 44.0 Å². The number of halogens is 2. The molecule has 0 nitrogen and oxygen atoms in total. The fourth-order valence-electron chi connectivity index (χ4n) is 0.569. The zero-order chi connectivity index (χ0) is 7.61. The lowest BCUT2D eigenvalue weighted by Gasteiger charge is -2.11. The Morgan fingerprint density at radius 1 is 1.60 bits per heavy atom. The Balaban J connectivity index is 2.95. The van der Waals surface area contributed by atoms with E-state index in [1.807, 2.05) is 17.5 Å². The van der Waals surface area contributed by atoms with E-state index in [0.717, 1.165) is 0 Å². The minimum atomic E-state index is -0.228. The van der Waals surface area contributed by atoms with E-state index in [1.165, 1.54) is 4.88 Å². The molecule has 0 aliphatic rings. The Hall–Kier alpha value is 0.400. The molecule has 0 aromatic carbocycles. The van der Waals surface area contributed by atoms with Crippen molar-refractivity contribution in [1.29, 1.82) is 0 Å². The first-order chi connectivity index (χ1) is 4.67. The van der Waals surface area contributed by atoms with E-state index >= 15 is 0 Å². The number of allylic oxidation sites excluding steroid dienone is 1. The molecule has 0 amide bonds. The second-order valence-corrected chi connectivity index (χ2v) is 6.32. The summed E-state index contributed by atoms with van der Waals surface area (Å²) in [6.45, 7) is 3.70. The van der Waals surface area contributed by atoms with Crippen molar-refractivity contribution < 1.29 is 0 Å². The topological polar surface area (TPSA) is 0 Å². The summed E-state index contributed by atoms with van der Waals surface area (Å²) in [5.74, 6) is 0. The number of alkyl halides is 2. The number of hydrogen-bond acceptors (Lipinski definition) is 1.